The molecule has 0 spiro atoms. The van der Waals surface area contributed by atoms with Gasteiger partial charge in [0.05, 0.1) is 11.4 Å². The Kier molecular flexibility index (Phi) is 6.52. The number of halogens is 3. The average Bonchev–Trinajstić information content (AvgIpc) is 3.37. The zero-order valence-electron chi connectivity index (χ0n) is 18.4. The Balaban J connectivity index is 1.52. The molecule has 0 saturated carbocycles. The first kappa shape index (κ1) is 22.7. The molecule has 32 heavy (non-hydrogen) atoms. The zero-order valence-corrected chi connectivity index (χ0v) is 19.2. The Hall–Kier alpha value is -2.46. The third kappa shape index (κ3) is 5.12. The van der Waals surface area contributed by atoms with Crippen molar-refractivity contribution in [3.63, 3.8) is 0 Å². The number of hydrogen-bond acceptors (Lipinski definition) is 6. The molecule has 4 rings (SSSR count). The van der Waals surface area contributed by atoms with Crippen LogP contribution in [0.2, 0.25) is 0 Å². The van der Waals surface area contributed by atoms with Gasteiger partial charge in [-0.05, 0) is 56.8 Å². The van der Waals surface area contributed by atoms with Crippen LogP contribution in [0.15, 0.2) is 30.5 Å². The van der Waals surface area contributed by atoms with Gasteiger partial charge in [0, 0.05) is 25.3 Å². The van der Waals surface area contributed by atoms with Crippen molar-refractivity contribution in [2.75, 3.05) is 18.4 Å². The number of alkyl halides is 3. The Bertz CT molecular complexity index is 1060. The fourth-order valence-corrected chi connectivity index (χ4v) is 4.91. The lowest BCUT2D eigenvalue weighted by Gasteiger charge is -2.40. The molecule has 1 fully saturated rings. The van der Waals surface area contributed by atoms with Crippen LogP contribution >= 0.6 is 11.3 Å². The minimum Gasteiger partial charge on any atom is -0.358 e. The minimum absolute atomic E-state index is 0.176. The summed E-state index contributed by atoms with van der Waals surface area (Å²) in [7, 11) is 0. The molecule has 0 amide bonds. The summed E-state index contributed by atoms with van der Waals surface area (Å²) in [6, 6.07) is 8.53. The van der Waals surface area contributed by atoms with Crippen molar-refractivity contribution in [2.45, 2.75) is 52.4 Å². The van der Waals surface area contributed by atoms with Crippen molar-refractivity contribution in [2.24, 2.45) is 5.92 Å². The molecule has 3 aromatic rings. The summed E-state index contributed by atoms with van der Waals surface area (Å²) in [5.41, 5.74) is 4.37. The minimum atomic E-state index is -4.46. The number of aryl methyl sites for hydroxylation is 2. The van der Waals surface area contributed by atoms with E-state index in [0.29, 0.717) is 23.8 Å². The number of rotatable bonds is 6. The highest BCUT2D eigenvalue weighted by Gasteiger charge is 2.36. The van der Waals surface area contributed by atoms with E-state index < -0.39 is 11.2 Å². The van der Waals surface area contributed by atoms with E-state index in [4.69, 9.17) is 0 Å². The number of nitrogens with zero attached hydrogens (tertiary/aromatic N) is 5. The summed E-state index contributed by atoms with van der Waals surface area (Å²) in [6.07, 6.45) is -0.314. The van der Waals surface area contributed by atoms with E-state index in [1.165, 1.54) is 11.1 Å². The van der Waals surface area contributed by atoms with Crippen molar-refractivity contribution in [1.82, 2.24) is 24.9 Å². The van der Waals surface area contributed by atoms with Gasteiger partial charge in [-0.2, -0.15) is 18.3 Å². The molecule has 2 unspecified atom stereocenters. The molecule has 1 aromatic carbocycles. The molecule has 1 aliphatic rings. The van der Waals surface area contributed by atoms with E-state index in [9.17, 15) is 13.2 Å². The molecule has 2 aromatic heterocycles. The quantitative estimate of drug-likeness (QED) is 0.552. The largest absolute Gasteiger partial charge is 0.445 e. The number of anilines is 1. The first-order chi connectivity index (χ1) is 15.2. The van der Waals surface area contributed by atoms with Crippen LogP contribution in [0, 0.1) is 19.8 Å². The molecule has 1 saturated heterocycles. The molecule has 1 aliphatic heterocycles. The predicted octanol–water partition coefficient (Wildman–Crippen LogP) is 5.07. The number of aromatic nitrogens is 4. The SMILES string of the molecule is Cc1ccc(-n2ccc(C)n2)c(CN2CCCC(C)C2CNc2nnc(C(F)(F)F)s2)c1. The second kappa shape index (κ2) is 9.19. The smallest absolute Gasteiger partial charge is 0.358 e. The molecule has 0 radical (unpaired) electrons. The topological polar surface area (TPSA) is 58.9 Å². The van der Waals surface area contributed by atoms with Crippen LogP contribution in [-0.2, 0) is 12.7 Å². The van der Waals surface area contributed by atoms with Gasteiger partial charge in [0.2, 0.25) is 10.1 Å². The van der Waals surface area contributed by atoms with Crippen LogP contribution in [0.3, 0.4) is 0 Å². The van der Waals surface area contributed by atoms with Gasteiger partial charge in [-0.1, -0.05) is 36.0 Å². The molecule has 10 heteroatoms. The molecule has 1 N–H and O–H groups in total. The number of piperidine rings is 1. The molecular formula is C22H27F3N6S. The summed E-state index contributed by atoms with van der Waals surface area (Å²) < 4.78 is 40.4. The zero-order chi connectivity index (χ0) is 22.9. The highest BCUT2D eigenvalue weighted by atomic mass is 32.1. The van der Waals surface area contributed by atoms with Gasteiger partial charge in [-0.15, -0.1) is 10.2 Å². The molecule has 172 valence electrons. The third-order valence-corrected chi connectivity index (χ3v) is 6.86. The number of likely N-dealkylation sites (tertiary alicyclic amines) is 1. The maximum Gasteiger partial charge on any atom is 0.445 e. The fourth-order valence-electron chi connectivity index (χ4n) is 4.29. The lowest BCUT2D eigenvalue weighted by Crippen LogP contribution is -2.47. The van der Waals surface area contributed by atoms with Crippen LogP contribution in [0.4, 0.5) is 18.3 Å². The number of nitrogens with one attached hydrogen (secondary N) is 1. The Morgan fingerprint density at radius 3 is 2.69 bits per heavy atom. The van der Waals surface area contributed by atoms with E-state index in [2.05, 4.69) is 57.6 Å². The highest BCUT2D eigenvalue weighted by Crippen LogP contribution is 2.33. The van der Waals surface area contributed by atoms with E-state index in [1.54, 1.807) is 0 Å². The van der Waals surface area contributed by atoms with Gasteiger partial charge in [0.25, 0.3) is 0 Å². The third-order valence-electron chi connectivity index (χ3n) is 5.94. The van der Waals surface area contributed by atoms with Gasteiger partial charge in [-0.3, -0.25) is 4.90 Å². The van der Waals surface area contributed by atoms with Crippen LogP contribution in [-0.4, -0.2) is 44.0 Å². The molecule has 3 heterocycles. The van der Waals surface area contributed by atoms with Crippen LogP contribution < -0.4 is 5.32 Å². The second-order valence-corrected chi connectivity index (χ2v) is 9.46. The summed E-state index contributed by atoms with van der Waals surface area (Å²) in [6.45, 7) is 8.45. The Morgan fingerprint density at radius 2 is 2.00 bits per heavy atom. The molecular weight excluding hydrogens is 437 g/mol. The fraction of sp³-hybridized carbons (Fsp3) is 0.500. The Labute approximate surface area is 189 Å². The molecule has 6 nitrogen and oxygen atoms in total. The predicted molar refractivity (Wildman–Crippen MR) is 119 cm³/mol. The first-order valence-corrected chi connectivity index (χ1v) is 11.5. The van der Waals surface area contributed by atoms with Crippen molar-refractivity contribution >= 4 is 16.5 Å². The van der Waals surface area contributed by atoms with Crippen LogP contribution in [0.1, 0.15) is 41.6 Å². The van der Waals surface area contributed by atoms with Crippen LogP contribution in [0.5, 0.6) is 0 Å². The van der Waals surface area contributed by atoms with Gasteiger partial charge >= 0.3 is 6.18 Å². The van der Waals surface area contributed by atoms with Gasteiger partial charge in [-0.25, -0.2) is 4.68 Å². The molecule has 2 atom stereocenters. The lowest BCUT2D eigenvalue weighted by molar-refractivity contribution is -0.138. The van der Waals surface area contributed by atoms with E-state index >= 15 is 0 Å². The van der Waals surface area contributed by atoms with Crippen molar-refractivity contribution in [3.05, 3.63) is 52.3 Å². The molecule has 0 aliphatic carbocycles. The first-order valence-electron chi connectivity index (χ1n) is 10.7. The summed E-state index contributed by atoms with van der Waals surface area (Å²) in [4.78, 5) is 2.42. The van der Waals surface area contributed by atoms with Crippen molar-refractivity contribution in [3.8, 4) is 5.69 Å². The van der Waals surface area contributed by atoms with Gasteiger partial charge in [0.15, 0.2) is 0 Å². The van der Waals surface area contributed by atoms with E-state index in [-0.39, 0.29) is 11.2 Å². The van der Waals surface area contributed by atoms with E-state index in [0.717, 1.165) is 37.3 Å². The van der Waals surface area contributed by atoms with Crippen molar-refractivity contribution < 1.29 is 13.2 Å². The second-order valence-electron chi connectivity index (χ2n) is 8.48. The molecule has 0 bridgehead atoms. The van der Waals surface area contributed by atoms with Gasteiger partial charge < -0.3 is 5.32 Å². The average molecular weight is 465 g/mol. The number of hydrogen-bond donors (Lipinski definition) is 1. The van der Waals surface area contributed by atoms with Crippen molar-refractivity contribution in [1.29, 1.82) is 0 Å². The maximum absolute atomic E-state index is 12.8. The normalized spacial score (nSPS) is 19.9. The van der Waals surface area contributed by atoms with Crippen LogP contribution in [0.25, 0.3) is 5.69 Å². The number of benzene rings is 1. The standard InChI is InChI=1S/C22H27F3N6S/c1-14-6-7-18(31-10-8-16(3)29-31)17(11-14)13-30-9-4-5-15(2)19(30)12-26-21-28-27-20(32-21)22(23,24)25/h6-8,10-11,15,19H,4-5,9,12-13H2,1-3H3,(H,26,28). The lowest BCUT2D eigenvalue weighted by atomic mass is 9.90. The maximum atomic E-state index is 12.8. The monoisotopic (exact) mass is 464 g/mol. The van der Waals surface area contributed by atoms with Gasteiger partial charge in [0.1, 0.15) is 0 Å². The Morgan fingerprint density at radius 1 is 1.19 bits per heavy atom. The summed E-state index contributed by atoms with van der Waals surface area (Å²) >= 11 is 0.550. The summed E-state index contributed by atoms with van der Waals surface area (Å²) in [5, 5.41) is 13.9. The summed E-state index contributed by atoms with van der Waals surface area (Å²) in [5.74, 6) is 0.409. The van der Waals surface area contributed by atoms with E-state index in [1.807, 2.05) is 23.9 Å². The highest BCUT2D eigenvalue weighted by molar-refractivity contribution is 7.15.